The van der Waals surface area contributed by atoms with E-state index >= 15 is 0 Å². The lowest BCUT2D eigenvalue weighted by Crippen LogP contribution is -2.45. The van der Waals surface area contributed by atoms with Gasteiger partial charge in [0.25, 0.3) is 0 Å². The van der Waals surface area contributed by atoms with Gasteiger partial charge in [-0.15, -0.1) is 0 Å². The van der Waals surface area contributed by atoms with Crippen LogP contribution in [0.25, 0.3) is 0 Å². The molecule has 0 saturated heterocycles. The molecule has 0 radical (unpaired) electrons. The summed E-state index contributed by atoms with van der Waals surface area (Å²) in [5.41, 5.74) is 2.01. The van der Waals surface area contributed by atoms with Crippen LogP contribution in [0.1, 0.15) is 44.2 Å². The third-order valence-corrected chi connectivity index (χ3v) is 4.86. The van der Waals surface area contributed by atoms with Gasteiger partial charge in [-0.05, 0) is 44.0 Å². The van der Waals surface area contributed by atoms with Gasteiger partial charge < -0.3 is 21.1 Å². The molecule has 2 amide bonds. The standard InChI is InChI=1S/C24H29N7O3/c1-4-13-26-21-19(8-6-5-7-14-27-22(32)17(2)31(3)24(33)34)16-28-23(30-21)29-20-11-9-18(15-25)10-12-20/h9-12,16-17H,4-5,7,13-14H2,1-3H3,(H,27,32)(H,33,34)(H2,26,28,29,30). The molecule has 1 aromatic carbocycles. The van der Waals surface area contributed by atoms with Crippen molar-refractivity contribution < 1.29 is 14.7 Å². The van der Waals surface area contributed by atoms with E-state index in [1.54, 1.807) is 30.5 Å². The highest BCUT2D eigenvalue weighted by Gasteiger charge is 2.21. The number of anilines is 3. The van der Waals surface area contributed by atoms with Crippen LogP contribution >= 0.6 is 0 Å². The number of nitrogens with zero attached hydrogens (tertiary/aromatic N) is 4. The van der Waals surface area contributed by atoms with Crippen LogP contribution in [-0.4, -0.2) is 58.2 Å². The molecular formula is C24H29N7O3. The highest BCUT2D eigenvalue weighted by atomic mass is 16.4. The van der Waals surface area contributed by atoms with Gasteiger partial charge in [-0.3, -0.25) is 9.69 Å². The second-order valence-electron chi connectivity index (χ2n) is 7.46. The van der Waals surface area contributed by atoms with Gasteiger partial charge in [-0.25, -0.2) is 9.78 Å². The summed E-state index contributed by atoms with van der Waals surface area (Å²) in [4.78, 5) is 32.7. The SMILES string of the molecule is CCCNc1nc(Nc2ccc(C#N)cc2)ncc1C#CCCCNC(=O)C(C)N(C)C(=O)O. The van der Waals surface area contributed by atoms with Gasteiger partial charge in [0.15, 0.2) is 0 Å². The first-order chi connectivity index (χ1) is 16.3. The predicted octanol–water partition coefficient (Wildman–Crippen LogP) is 3.16. The molecule has 1 heterocycles. The number of likely N-dealkylation sites (N-methyl/N-ethyl adjacent to an activating group) is 1. The largest absolute Gasteiger partial charge is 0.465 e. The molecule has 0 aliphatic heterocycles. The van der Waals surface area contributed by atoms with E-state index in [0.29, 0.717) is 42.3 Å². The second kappa shape index (κ2) is 13.3. The number of rotatable bonds is 10. The van der Waals surface area contributed by atoms with Crippen LogP contribution in [0.5, 0.6) is 0 Å². The lowest BCUT2D eigenvalue weighted by molar-refractivity contribution is -0.124. The Bertz CT molecular complexity index is 1080. The molecule has 0 aliphatic carbocycles. The van der Waals surface area contributed by atoms with Crippen molar-refractivity contribution in [2.24, 2.45) is 0 Å². The average molecular weight is 464 g/mol. The Morgan fingerprint density at radius 2 is 1.97 bits per heavy atom. The number of benzene rings is 1. The number of amides is 2. The van der Waals surface area contributed by atoms with Crippen molar-refractivity contribution in [3.8, 4) is 17.9 Å². The minimum Gasteiger partial charge on any atom is -0.465 e. The van der Waals surface area contributed by atoms with E-state index < -0.39 is 12.1 Å². The number of aromatic nitrogens is 2. The molecule has 34 heavy (non-hydrogen) atoms. The fourth-order valence-corrected chi connectivity index (χ4v) is 2.70. The van der Waals surface area contributed by atoms with Gasteiger partial charge in [0.1, 0.15) is 11.9 Å². The minimum absolute atomic E-state index is 0.345. The van der Waals surface area contributed by atoms with Gasteiger partial charge >= 0.3 is 6.09 Å². The smallest absolute Gasteiger partial charge is 0.407 e. The van der Waals surface area contributed by atoms with Crippen LogP contribution in [0.15, 0.2) is 30.5 Å². The molecule has 1 aromatic heterocycles. The van der Waals surface area contributed by atoms with E-state index in [9.17, 15) is 9.59 Å². The zero-order valence-electron chi connectivity index (χ0n) is 19.6. The normalized spacial score (nSPS) is 10.8. The highest BCUT2D eigenvalue weighted by molar-refractivity contribution is 5.84. The predicted molar refractivity (Wildman–Crippen MR) is 130 cm³/mol. The summed E-state index contributed by atoms with van der Waals surface area (Å²) in [5.74, 6) is 6.83. The molecule has 0 aliphatic rings. The zero-order chi connectivity index (χ0) is 24.9. The lowest BCUT2D eigenvalue weighted by atomic mass is 10.2. The van der Waals surface area contributed by atoms with Gasteiger partial charge in [0.05, 0.1) is 23.4 Å². The van der Waals surface area contributed by atoms with Crippen molar-refractivity contribution >= 4 is 29.5 Å². The van der Waals surface area contributed by atoms with Crippen LogP contribution in [0.4, 0.5) is 22.2 Å². The topological polar surface area (TPSA) is 143 Å². The maximum atomic E-state index is 12.0. The Morgan fingerprint density at radius 1 is 1.24 bits per heavy atom. The van der Waals surface area contributed by atoms with Gasteiger partial charge in [-0.2, -0.15) is 10.2 Å². The van der Waals surface area contributed by atoms with Crippen molar-refractivity contribution in [2.75, 3.05) is 30.8 Å². The van der Waals surface area contributed by atoms with E-state index in [4.69, 9.17) is 10.4 Å². The third-order valence-electron chi connectivity index (χ3n) is 4.86. The fourth-order valence-electron chi connectivity index (χ4n) is 2.70. The Hall–Kier alpha value is -4.31. The summed E-state index contributed by atoms with van der Waals surface area (Å²) in [6.45, 7) is 4.72. The van der Waals surface area contributed by atoms with Crippen LogP contribution in [0.3, 0.4) is 0 Å². The molecule has 10 nitrogen and oxygen atoms in total. The highest BCUT2D eigenvalue weighted by Crippen LogP contribution is 2.17. The molecule has 0 spiro atoms. The fraction of sp³-hybridized carbons (Fsp3) is 0.375. The van der Waals surface area contributed by atoms with Crippen molar-refractivity contribution in [3.05, 3.63) is 41.6 Å². The van der Waals surface area contributed by atoms with E-state index in [1.807, 2.05) is 0 Å². The number of hydrogen-bond acceptors (Lipinski definition) is 7. The van der Waals surface area contributed by atoms with Crippen molar-refractivity contribution in [2.45, 2.75) is 39.2 Å². The summed E-state index contributed by atoms with van der Waals surface area (Å²) in [6, 6.07) is 8.32. The van der Waals surface area contributed by atoms with E-state index in [-0.39, 0.29) is 5.91 Å². The summed E-state index contributed by atoms with van der Waals surface area (Å²) < 4.78 is 0. The summed E-state index contributed by atoms with van der Waals surface area (Å²) in [7, 11) is 1.36. The minimum atomic E-state index is -1.15. The quantitative estimate of drug-likeness (QED) is 0.311. The number of carboxylic acid groups (broad SMARTS) is 1. The Labute approximate surface area is 199 Å². The number of hydrogen-bond donors (Lipinski definition) is 4. The van der Waals surface area contributed by atoms with Crippen LogP contribution < -0.4 is 16.0 Å². The number of nitriles is 1. The lowest BCUT2D eigenvalue weighted by Gasteiger charge is -2.20. The monoisotopic (exact) mass is 463 g/mol. The molecular weight excluding hydrogens is 434 g/mol. The van der Waals surface area contributed by atoms with E-state index in [2.05, 4.69) is 50.8 Å². The Balaban J connectivity index is 1.95. The zero-order valence-corrected chi connectivity index (χ0v) is 19.6. The van der Waals surface area contributed by atoms with E-state index in [1.165, 1.54) is 14.0 Å². The van der Waals surface area contributed by atoms with Crippen molar-refractivity contribution in [1.82, 2.24) is 20.2 Å². The number of carbonyl (C=O) groups excluding carboxylic acids is 1. The van der Waals surface area contributed by atoms with Gasteiger partial charge in [0.2, 0.25) is 11.9 Å². The molecule has 4 N–H and O–H groups in total. The molecule has 178 valence electrons. The number of nitrogens with one attached hydrogen (secondary N) is 3. The van der Waals surface area contributed by atoms with Gasteiger partial charge in [0, 0.05) is 32.2 Å². The number of carbonyl (C=O) groups is 2. The van der Waals surface area contributed by atoms with Crippen molar-refractivity contribution in [3.63, 3.8) is 0 Å². The first kappa shape index (κ1) is 25.9. The maximum Gasteiger partial charge on any atom is 0.407 e. The van der Waals surface area contributed by atoms with E-state index in [0.717, 1.165) is 23.6 Å². The summed E-state index contributed by atoms with van der Waals surface area (Å²) >= 11 is 0. The number of unbranched alkanes of at least 4 members (excludes halogenated alkanes) is 1. The molecule has 2 rings (SSSR count). The van der Waals surface area contributed by atoms with Gasteiger partial charge in [-0.1, -0.05) is 18.8 Å². The first-order valence-electron chi connectivity index (χ1n) is 11.0. The maximum absolute atomic E-state index is 12.0. The molecule has 1 atom stereocenters. The molecule has 0 saturated carbocycles. The Kier molecular flexibility index (Phi) is 10.1. The molecule has 2 aromatic rings. The molecule has 10 heteroatoms. The average Bonchev–Trinajstić information content (AvgIpc) is 2.84. The molecule has 0 fully saturated rings. The second-order valence-corrected chi connectivity index (χ2v) is 7.46. The first-order valence-corrected chi connectivity index (χ1v) is 11.0. The summed E-state index contributed by atoms with van der Waals surface area (Å²) in [5, 5.41) is 26.9. The van der Waals surface area contributed by atoms with Crippen molar-refractivity contribution in [1.29, 1.82) is 5.26 Å². The van der Waals surface area contributed by atoms with Crippen LogP contribution in [-0.2, 0) is 4.79 Å². The molecule has 1 unspecified atom stereocenters. The summed E-state index contributed by atoms with van der Waals surface area (Å²) in [6.07, 6.45) is 2.59. The third kappa shape index (κ3) is 7.99. The van der Waals surface area contributed by atoms with Crippen LogP contribution in [0.2, 0.25) is 0 Å². The van der Waals surface area contributed by atoms with Crippen LogP contribution in [0, 0.1) is 23.2 Å². The molecule has 0 bridgehead atoms. The Morgan fingerprint density at radius 3 is 2.62 bits per heavy atom.